The predicted molar refractivity (Wildman–Crippen MR) is 82.5 cm³/mol. The molecule has 1 aromatic rings. The molecular weight excluding hydrogens is 250 g/mol. The summed E-state index contributed by atoms with van der Waals surface area (Å²) in [5.74, 6) is 2.50. The summed E-state index contributed by atoms with van der Waals surface area (Å²) < 4.78 is 0. The highest BCUT2D eigenvalue weighted by molar-refractivity contribution is 5.44. The molecule has 2 aliphatic rings. The minimum Gasteiger partial charge on any atom is -0.373 e. The van der Waals surface area contributed by atoms with Crippen molar-refractivity contribution in [2.24, 2.45) is 0 Å². The van der Waals surface area contributed by atoms with E-state index >= 15 is 0 Å². The summed E-state index contributed by atoms with van der Waals surface area (Å²) in [5.41, 5.74) is 1.23. The van der Waals surface area contributed by atoms with E-state index < -0.39 is 0 Å². The van der Waals surface area contributed by atoms with Crippen LogP contribution in [0.3, 0.4) is 0 Å². The van der Waals surface area contributed by atoms with E-state index in [0.717, 1.165) is 37.9 Å². The van der Waals surface area contributed by atoms with Crippen LogP contribution in [-0.4, -0.2) is 55.1 Å². The minimum absolute atomic E-state index is 0.635. The highest BCUT2D eigenvalue weighted by Gasteiger charge is 2.22. The number of piperazine rings is 1. The molecule has 0 unspecified atom stereocenters. The molecule has 1 saturated heterocycles. The Kier molecular flexibility index (Phi) is 4.05. The largest absolute Gasteiger partial charge is 0.373 e. The lowest BCUT2D eigenvalue weighted by Gasteiger charge is -2.32. The van der Waals surface area contributed by atoms with Gasteiger partial charge in [0.1, 0.15) is 5.82 Å². The van der Waals surface area contributed by atoms with E-state index in [0.29, 0.717) is 5.92 Å². The number of anilines is 2. The monoisotopic (exact) mass is 275 g/mol. The van der Waals surface area contributed by atoms with Crippen LogP contribution < -0.4 is 10.2 Å². The Morgan fingerprint density at radius 2 is 1.80 bits per heavy atom. The number of nitrogens with zero attached hydrogens (tertiary/aromatic N) is 4. The molecule has 0 spiro atoms. The zero-order valence-corrected chi connectivity index (χ0v) is 12.6. The van der Waals surface area contributed by atoms with Gasteiger partial charge in [0.15, 0.2) is 0 Å². The number of nitrogens with one attached hydrogen (secondary N) is 1. The van der Waals surface area contributed by atoms with Crippen molar-refractivity contribution in [1.82, 2.24) is 14.9 Å². The van der Waals surface area contributed by atoms with Gasteiger partial charge < -0.3 is 15.1 Å². The van der Waals surface area contributed by atoms with Crippen molar-refractivity contribution in [3.63, 3.8) is 0 Å². The van der Waals surface area contributed by atoms with Crippen LogP contribution in [0.25, 0.3) is 0 Å². The van der Waals surface area contributed by atoms with Crippen molar-refractivity contribution < 1.29 is 0 Å². The maximum Gasteiger partial charge on any atom is 0.227 e. The van der Waals surface area contributed by atoms with E-state index in [1.807, 2.05) is 7.05 Å². The maximum absolute atomic E-state index is 4.87. The first kappa shape index (κ1) is 13.6. The molecule has 2 fully saturated rings. The summed E-state index contributed by atoms with van der Waals surface area (Å²) in [4.78, 5) is 14.2. The third kappa shape index (κ3) is 2.87. The second-order valence-electron chi connectivity index (χ2n) is 6.00. The van der Waals surface area contributed by atoms with Crippen molar-refractivity contribution in [1.29, 1.82) is 0 Å². The SMILES string of the molecule is CNc1cc(C2CCCC2)nc(N2CCN(C)CC2)n1. The maximum atomic E-state index is 4.87. The molecule has 110 valence electrons. The summed E-state index contributed by atoms with van der Waals surface area (Å²) in [5, 5.41) is 3.19. The quantitative estimate of drug-likeness (QED) is 0.913. The van der Waals surface area contributed by atoms with E-state index in [1.54, 1.807) is 0 Å². The van der Waals surface area contributed by atoms with E-state index in [4.69, 9.17) is 4.98 Å². The van der Waals surface area contributed by atoms with Crippen molar-refractivity contribution in [3.05, 3.63) is 11.8 Å². The van der Waals surface area contributed by atoms with Crippen molar-refractivity contribution in [2.45, 2.75) is 31.6 Å². The molecular formula is C15H25N5. The van der Waals surface area contributed by atoms with Gasteiger partial charge in [0, 0.05) is 45.2 Å². The molecule has 1 aromatic heterocycles. The van der Waals surface area contributed by atoms with Crippen LogP contribution in [0.4, 0.5) is 11.8 Å². The third-order valence-electron chi connectivity index (χ3n) is 4.55. The fraction of sp³-hybridized carbons (Fsp3) is 0.733. The Balaban J connectivity index is 1.83. The summed E-state index contributed by atoms with van der Waals surface area (Å²) in [6, 6.07) is 2.13. The lowest BCUT2D eigenvalue weighted by atomic mass is 10.0. The summed E-state index contributed by atoms with van der Waals surface area (Å²) >= 11 is 0. The van der Waals surface area contributed by atoms with Crippen LogP contribution in [0.5, 0.6) is 0 Å². The van der Waals surface area contributed by atoms with Gasteiger partial charge in [0.05, 0.1) is 5.69 Å². The van der Waals surface area contributed by atoms with Crippen molar-refractivity contribution in [2.75, 3.05) is 50.5 Å². The van der Waals surface area contributed by atoms with E-state index in [-0.39, 0.29) is 0 Å². The Morgan fingerprint density at radius 3 is 2.45 bits per heavy atom. The van der Waals surface area contributed by atoms with Gasteiger partial charge in [0.25, 0.3) is 0 Å². The molecule has 2 heterocycles. The van der Waals surface area contributed by atoms with Gasteiger partial charge in [-0.2, -0.15) is 4.98 Å². The molecule has 1 aliphatic carbocycles. The molecule has 0 radical (unpaired) electrons. The topological polar surface area (TPSA) is 44.3 Å². The lowest BCUT2D eigenvalue weighted by Crippen LogP contribution is -2.45. The van der Waals surface area contributed by atoms with Gasteiger partial charge in [-0.05, 0) is 19.9 Å². The standard InChI is InChI=1S/C15H25N5/c1-16-14-11-13(12-5-3-4-6-12)17-15(18-14)20-9-7-19(2)8-10-20/h11-12H,3-10H2,1-2H3,(H,16,17,18). The second-order valence-corrected chi connectivity index (χ2v) is 6.00. The van der Waals surface area contributed by atoms with E-state index in [9.17, 15) is 0 Å². The molecule has 1 saturated carbocycles. The molecule has 5 heteroatoms. The first-order chi connectivity index (χ1) is 9.76. The zero-order chi connectivity index (χ0) is 13.9. The van der Waals surface area contributed by atoms with Gasteiger partial charge in [-0.15, -0.1) is 0 Å². The average molecular weight is 275 g/mol. The molecule has 0 atom stereocenters. The molecule has 20 heavy (non-hydrogen) atoms. The summed E-state index contributed by atoms with van der Waals surface area (Å²) in [6.45, 7) is 4.22. The smallest absolute Gasteiger partial charge is 0.227 e. The lowest BCUT2D eigenvalue weighted by molar-refractivity contribution is 0.311. The Morgan fingerprint density at radius 1 is 1.10 bits per heavy atom. The number of hydrogen-bond acceptors (Lipinski definition) is 5. The fourth-order valence-electron chi connectivity index (χ4n) is 3.16. The Hall–Kier alpha value is -1.36. The molecule has 0 bridgehead atoms. The van der Waals surface area contributed by atoms with Crippen LogP contribution in [0.2, 0.25) is 0 Å². The van der Waals surface area contributed by atoms with Crippen LogP contribution in [0.15, 0.2) is 6.07 Å². The van der Waals surface area contributed by atoms with Gasteiger partial charge in [0.2, 0.25) is 5.95 Å². The molecule has 0 amide bonds. The average Bonchev–Trinajstić information content (AvgIpc) is 3.02. The number of aromatic nitrogens is 2. The van der Waals surface area contributed by atoms with E-state index in [2.05, 4.69) is 33.2 Å². The molecule has 0 aromatic carbocycles. The van der Waals surface area contributed by atoms with Crippen LogP contribution in [0, 0.1) is 0 Å². The number of rotatable bonds is 3. The van der Waals surface area contributed by atoms with Crippen molar-refractivity contribution >= 4 is 11.8 Å². The molecule has 5 nitrogen and oxygen atoms in total. The van der Waals surface area contributed by atoms with Gasteiger partial charge in [-0.25, -0.2) is 4.98 Å². The number of likely N-dealkylation sites (N-methyl/N-ethyl adjacent to an activating group) is 1. The molecule has 1 N–H and O–H groups in total. The Labute approximate surface area is 121 Å². The minimum atomic E-state index is 0.635. The third-order valence-corrected chi connectivity index (χ3v) is 4.55. The predicted octanol–water partition coefficient (Wildman–Crippen LogP) is 1.93. The van der Waals surface area contributed by atoms with Crippen LogP contribution in [0.1, 0.15) is 37.3 Å². The normalized spacial score (nSPS) is 21.4. The van der Waals surface area contributed by atoms with Gasteiger partial charge >= 0.3 is 0 Å². The van der Waals surface area contributed by atoms with Crippen LogP contribution in [-0.2, 0) is 0 Å². The van der Waals surface area contributed by atoms with Crippen molar-refractivity contribution in [3.8, 4) is 0 Å². The second kappa shape index (κ2) is 5.95. The zero-order valence-electron chi connectivity index (χ0n) is 12.6. The van der Waals surface area contributed by atoms with E-state index in [1.165, 1.54) is 31.4 Å². The fourth-order valence-corrected chi connectivity index (χ4v) is 3.16. The summed E-state index contributed by atoms with van der Waals surface area (Å²) in [7, 11) is 4.11. The first-order valence-corrected chi connectivity index (χ1v) is 7.76. The van der Waals surface area contributed by atoms with Gasteiger partial charge in [-0.1, -0.05) is 12.8 Å². The Bertz CT molecular complexity index is 448. The first-order valence-electron chi connectivity index (χ1n) is 7.76. The summed E-state index contributed by atoms with van der Waals surface area (Å²) in [6.07, 6.45) is 5.24. The van der Waals surface area contributed by atoms with Crippen LogP contribution >= 0.6 is 0 Å². The molecule has 1 aliphatic heterocycles. The number of hydrogen-bond donors (Lipinski definition) is 1. The highest BCUT2D eigenvalue weighted by atomic mass is 15.3. The molecule has 3 rings (SSSR count). The van der Waals surface area contributed by atoms with Gasteiger partial charge in [-0.3, -0.25) is 0 Å². The highest BCUT2D eigenvalue weighted by Crippen LogP contribution is 2.34.